The zero-order valence-corrected chi connectivity index (χ0v) is 18.7. The maximum absolute atomic E-state index is 13.8. The summed E-state index contributed by atoms with van der Waals surface area (Å²) in [6.45, 7) is 6.38. The Labute approximate surface area is 189 Å². The Morgan fingerprint density at radius 1 is 1.15 bits per heavy atom. The van der Waals surface area contributed by atoms with Crippen LogP contribution in [0.5, 0.6) is 0 Å². The van der Waals surface area contributed by atoms with E-state index in [0.717, 1.165) is 0 Å². The molecule has 0 bridgehead atoms. The number of rotatable bonds is 5. The molecule has 172 valence electrons. The van der Waals surface area contributed by atoms with Crippen LogP contribution in [-0.4, -0.2) is 61.1 Å². The number of benzene rings is 1. The van der Waals surface area contributed by atoms with Crippen molar-refractivity contribution in [2.24, 2.45) is 0 Å². The normalized spacial score (nSPS) is 16.8. The van der Waals surface area contributed by atoms with Gasteiger partial charge in [-0.15, -0.1) is 0 Å². The number of fused-ring (bicyclic) bond motifs is 2. The standard InChI is InChI=1S/C23H25F2N7O/c1-13-22(28-17-8-14(24)4-5-16(17)27-13)18-9-21-29-20(31-7-6-15(25)11-31)10-19(32(21)30-18)26-12-23(2,3)33/h4-5,8-10,15,26,33H,6-7,11-12H2,1-3H3/t15-/m0/s1. The molecule has 2 N–H and O–H groups in total. The van der Waals surface area contributed by atoms with E-state index in [1.54, 1.807) is 30.5 Å². The SMILES string of the molecule is Cc1nc2ccc(F)cc2nc1-c1cc2nc(N3CC[C@H](F)C3)cc(NCC(C)(C)O)n2n1. The molecule has 1 fully saturated rings. The number of aromatic nitrogens is 5. The Morgan fingerprint density at radius 2 is 1.97 bits per heavy atom. The molecule has 33 heavy (non-hydrogen) atoms. The van der Waals surface area contributed by atoms with Crippen LogP contribution in [0.3, 0.4) is 0 Å². The van der Waals surface area contributed by atoms with Crippen LogP contribution in [0.25, 0.3) is 28.1 Å². The molecule has 0 unspecified atom stereocenters. The van der Waals surface area contributed by atoms with Gasteiger partial charge in [0.1, 0.15) is 35.0 Å². The molecule has 5 rings (SSSR count). The van der Waals surface area contributed by atoms with Gasteiger partial charge in [-0.1, -0.05) is 0 Å². The molecule has 0 amide bonds. The predicted octanol–water partition coefficient (Wildman–Crippen LogP) is 3.52. The van der Waals surface area contributed by atoms with Crippen molar-refractivity contribution < 1.29 is 13.9 Å². The van der Waals surface area contributed by atoms with Gasteiger partial charge in [0.25, 0.3) is 0 Å². The Bertz CT molecular complexity index is 1350. The van der Waals surface area contributed by atoms with Crippen LogP contribution in [-0.2, 0) is 0 Å². The van der Waals surface area contributed by atoms with Gasteiger partial charge in [0, 0.05) is 31.3 Å². The summed E-state index contributed by atoms with van der Waals surface area (Å²) in [5, 5.41) is 18.1. The first-order chi connectivity index (χ1) is 15.7. The molecular weight excluding hydrogens is 428 g/mol. The minimum absolute atomic E-state index is 0.278. The number of aliphatic hydroxyl groups is 1. The van der Waals surface area contributed by atoms with Crippen molar-refractivity contribution in [3.05, 3.63) is 41.8 Å². The van der Waals surface area contributed by atoms with Gasteiger partial charge in [0.15, 0.2) is 5.65 Å². The molecule has 10 heteroatoms. The van der Waals surface area contributed by atoms with Crippen molar-refractivity contribution in [2.45, 2.75) is 39.0 Å². The largest absolute Gasteiger partial charge is 0.389 e. The van der Waals surface area contributed by atoms with E-state index < -0.39 is 11.8 Å². The van der Waals surface area contributed by atoms with E-state index in [-0.39, 0.29) is 18.9 Å². The molecule has 4 aromatic rings. The molecule has 4 heterocycles. The van der Waals surface area contributed by atoms with E-state index in [9.17, 15) is 13.9 Å². The van der Waals surface area contributed by atoms with Crippen molar-refractivity contribution in [1.29, 1.82) is 0 Å². The fourth-order valence-corrected chi connectivity index (χ4v) is 3.96. The first-order valence-corrected chi connectivity index (χ1v) is 10.9. The average molecular weight is 453 g/mol. The van der Waals surface area contributed by atoms with Gasteiger partial charge in [-0.25, -0.2) is 23.7 Å². The van der Waals surface area contributed by atoms with E-state index in [0.29, 0.717) is 58.4 Å². The van der Waals surface area contributed by atoms with Gasteiger partial charge in [-0.2, -0.15) is 9.61 Å². The average Bonchev–Trinajstić information content (AvgIpc) is 3.37. The zero-order valence-electron chi connectivity index (χ0n) is 18.7. The van der Waals surface area contributed by atoms with Gasteiger partial charge in [-0.3, -0.25) is 0 Å². The molecule has 1 atom stereocenters. The van der Waals surface area contributed by atoms with Crippen LogP contribution >= 0.6 is 0 Å². The second kappa shape index (κ2) is 7.87. The minimum atomic E-state index is -0.950. The third kappa shape index (κ3) is 4.30. The van der Waals surface area contributed by atoms with Crippen LogP contribution in [0.4, 0.5) is 20.4 Å². The number of hydrogen-bond acceptors (Lipinski definition) is 7. The number of nitrogens with one attached hydrogen (secondary N) is 1. The zero-order chi connectivity index (χ0) is 23.3. The smallest absolute Gasteiger partial charge is 0.160 e. The maximum Gasteiger partial charge on any atom is 0.160 e. The summed E-state index contributed by atoms with van der Waals surface area (Å²) in [5.74, 6) is 0.863. The fraction of sp³-hybridized carbons (Fsp3) is 0.391. The van der Waals surface area contributed by atoms with Crippen LogP contribution in [0.15, 0.2) is 30.3 Å². The number of aryl methyl sites for hydroxylation is 1. The van der Waals surface area contributed by atoms with Gasteiger partial charge in [0.2, 0.25) is 0 Å². The van der Waals surface area contributed by atoms with Gasteiger partial charge < -0.3 is 15.3 Å². The lowest BCUT2D eigenvalue weighted by atomic mass is 10.1. The molecule has 1 saturated heterocycles. The quantitative estimate of drug-likeness (QED) is 0.478. The Hall–Kier alpha value is -3.40. The number of anilines is 2. The third-order valence-electron chi connectivity index (χ3n) is 5.61. The lowest BCUT2D eigenvalue weighted by molar-refractivity contribution is 0.0944. The summed E-state index contributed by atoms with van der Waals surface area (Å²) in [4.78, 5) is 15.7. The monoisotopic (exact) mass is 453 g/mol. The second-order valence-electron chi connectivity index (χ2n) is 9.09. The molecule has 1 aromatic carbocycles. The molecule has 0 spiro atoms. The molecular formula is C23H25F2N7O. The topological polar surface area (TPSA) is 91.5 Å². The van der Waals surface area contributed by atoms with Crippen LogP contribution in [0, 0.1) is 12.7 Å². The molecule has 3 aromatic heterocycles. The van der Waals surface area contributed by atoms with E-state index >= 15 is 0 Å². The lowest BCUT2D eigenvalue weighted by Gasteiger charge is -2.21. The Kier molecular flexibility index (Phi) is 5.12. The predicted molar refractivity (Wildman–Crippen MR) is 123 cm³/mol. The molecule has 8 nitrogen and oxygen atoms in total. The van der Waals surface area contributed by atoms with Crippen molar-refractivity contribution in [3.8, 4) is 11.4 Å². The highest BCUT2D eigenvalue weighted by atomic mass is 19.1. The summed E-state index contributed by atoms with van der Waals surface area (Å²) in [6.07, 6.45) is -0.418. The van der Waals surface area contributed by atoms with Crippen molar-refractivity contribution in [1.82, 2.24) is 24.6 Å². The van der Waals surface area contributed by atoms with Crippen LogP contribution in [0.1, 0.15) is 26.0 Å². The van der Waals surface area contributed by atoms with Gasteiger partial charge in [0.05, 0.1) is 28.9 Å². The molecule has 0 saturated carbocycles. The summed E-state index contributed by atoms with van der Waals surface area (Å²) in [7, 11) is 0. The highest BCUT2D eigenvalue weighted by Gasteiger charge is 2.25. The third-order valence-corrected chi connectivity index (χ3v) is 5.61. The first-order valence-electron chi connectivity index (χ1n) is 10.9. The van der Waals surface area contributed by atoms with E-state index in [4.69, 9.17) is 4.98 Å². The maximum atomic E-state index is 13.8. The molecule has 1 aliphatic heterocycles. The molecule has 0 radical (unpaired) electrons. The number of hydrogen-bond donors (Lipinski definition) is 2. The second-order valence-corrected chi connectivity index (χ2v) is 9.09. The number of nitrogens with zero attached hydrogens (tertiary/aromatic N) is 6. The van der Waals surface area contributed by atoms with E-state index in [2.05, 4.69) is 20.4 Å². The van der Waals surface area contributed by atoms with Gasteiger partial charge >= 0.3 is 0 Å². The first kappa shape index (κ1) is 21.4. The molecule has 1 aliphatic rings. The summed E-state index contributed by atoms with van der Waals surface area (Å²) in [5.41, 5.74) is 2.35. The Morgan fingerprint density at radius 3 is 2.70 bits per heavy atom. The van der Waals surface area contributed by atoms with Crippen LogP contribution < -0.4 is 10.2 Å². The number of alkyl halides is 1. The number of halogens is 2. The van der Waals surface area contributed by atoms with E-state index in [1.165, 1.54) is 12.1 Å². The lowest BCUT2D eigenvalue weighted by Crippen LogP contribution is -2.30. The summed E-state index contributed by atoms with van der Waals surface area (Å²) >= 11 is 0. The highest BCUT2D eigenvalue weighted by molar-refractivity contribution is 5.78. The summed E-state index contributed by atoms with van der Waals surface area (Å²) < 4.78 is 29.2. The van der Waals surface area contributed by atoms with Crippen LogP contribution in [0.2, 0.25) is 0 Å². The van der Waals surface area contributed by atoms with Crippen molar-refractivity contribution >= 4 is 28.3 Å². The Balaban J connectivity index is 1.62. The highest BCUT2D eigenvalue weighted by Crippen LogP contribution is 2.28. The minimum Gasteiger partial charge on any atom is -0.389 e. The van der Waals surface area contributed by atoms with Crippen molar-refractivity contribution in [2.75, 3.05) is 29.9 Å². The summed E-state index contributed by atoms with van der Waals surface area (Å²) in [6, 6.07) is 7.88. The van der Waals surface area contributed by atoms with E-state index in [1.807, 2.05) is 17.9 Å². The fourth-order valence-electron chi connectivity index (χ4n) is 3.96. The molecule has 0 aliphatic carbocycles. The van der Waals surface area contributed by atoms with Gasteiger partial charge in [-0.05, 0) is 39.3 Å². The van der Waals surface area contributed by atoms with Crippen molar-refractivity contribution in [3.63, 3.8) is 0 Å².